The summed E-state index contributed by atoms with van der Waals surface area (Å²) in [5.74, 6) is 0.760. The van der Waals surface area contributed by atoms with E-state index < -0.39 is 11.2 Å². The Bertz CT molecular complexity index is 1400. The summed E-state index contributed by atoms with van der Waals surface area (Å²) >= 11 is 0. The summed E-state index contributed by atoms with van der Waals surface area (Å²) in [7, 11) is 4.45. The van der Waals surface area contributed by atoms with Crippen LogP contribution in [0.25, 0.3) is 0 Å². The molecule has 0 spiro atoms. The van der Waals surface area contributed by atoms with Gasteiger partial charge in [-0.3, -0.25) is 0 Å². The van der Waals surface area contributed by atoms with Crippen molar-refractivity contribution < 1.29 is 10.2 Å². The minimum absolute atomic E-state index is 0.380. The number of hydrogen-bond acceptors (Lipinski definition) is 6. The van der Waals surface area contributed by atoms with E-state index in [9.17, 15) is 10.2 Å². The number of aryl methyl sites for hydroxylation is 2. The lowest BCUT2D eigenvalue weighted by Gasteiger charge is -2.42. The maximum Gasteiger partial charge on any atom is 0.0728 e. The zero-order chi connectivity index (χ0) is 41.1. The largest absolute Gasteiger partial charge is 0.389 e. The van der Waals surface area contributed by atoms with Crippen molar-refractivity contribution >= 4 is 0 Å². The lowest BCUT2D eigenvalue weighted by Crippen LogP contribution is -2.51. The van der Waals surface area contributed by atoms with E-state index in [1.54, 1.807) is 0 Å². The monoisotopic (exact) mass is 801 g/mol. The second-order valence-electron chi connectivity index (χ2n) is 19.8. The summed E-state index contributed by atoms with van der Waals surface area (Å²) in [6.45, 7) is 15.7. The first kappa shape index (κ1) is 47.3. The third-order valence-electron chi connectivity index (χ3n) is 14.8. The molecule has 6 rings (SSSR count). The SMILES string of the molecule is Cc1cccc(CC2(O)CCCCCCCCCCC2CN2CCN(C)CC2)c1.Cc1ccccc1CC1(O)CCCCCCCCCCC1CN1CCN(C)CC1. The molecule has 328 valence electrons. The van der Waals surface area contributed by atoms with Crippen LogP contribution in [0.5, 0.6) is 0 Å². The van der Waals surface area contributed by atoms with Gasteiger partial charge in [0.2, 0.25) is 0 Å². The number of piperazine rings is 2. The minimum Gasteiger partial charge on any atom is -0.389 e. The molecule has 2 N–H and O–H groups in total. The van der Waals surface area contributed by atoms with Crippen LogP contribution in [0, 0.1) is 25.7 Å². The number of rotatable bonds is 8. The van der Waals surface area contributed by atoms with Crippen LogP contribution in [0.3, 0.4) is 0 Å². The molecule has 0 amide bonds. The molecule has 0 aromatic heterocycles. The van der Waals surface area contributed by atoms with Crippen LogP contribution < -0.4 is 0 Å². The zero-order valence-electron chi connectivity index (χ0n) is 38.1. The number of nitrogens with zero attached hydrogens (tertiary/aromatic N) is 4. The molecule has 2 aromatic rings. The minimum atomic E-state index is -0.575. The van der Waals surface area contributed by atoms with E-state index in [0.717, 1.165) is 91.1 Å². The first-order chi connectivity index (χ1) is 28.1. The van der Waals surface area contributed by atoms with Crippen molar-refractivity contribution in [3.8, 4) is 0 Å². The second-order valence-corrected chi connectivity index (χ2v) is 19.8. The molecule has 2 aliphatic heterocycles. The van der Waals surface area contributed by atoms with Crippen molar-refractivity contribution in [2.24, 2.45) is 11.8 Å². The van der Waals surface area contributed by atoms with Gasteiger partial charge in [0.05, 0.1) is 11.2 Å². The Morgan fingerprint density at radius 2 is 0.931 bits per heavy atom. The van der Waals surface area contributed by atoms with Crippen LogP contribution in [0.15, 0.2) is 48.5 Å². The summed E-state index contributed by atoms with van der Waals surface area (Å²) in [6.07, 6.45) is 27.0. The molecular weight excluding hydrogens is 713 g/mol. The highest BCUT2D eigenvalue weighted by molar-refractivity contribution is 5.27. The van der Waals surface area contributed by atoms with E-state index in [-0.39, 0.29) is 0 Å². The molecule has 2 heterocycles. The van der Waals surface area contributed by atoms with Gasteiger partial charge < -0.3 is 29.8 Å². The van der Waals surface area contributed by atoms with Crippen molar-refractivity contribution in [2.45, 2.75) is 166 Å². The highest BCUT2D eigenvalue weighted by Crippen LogP contribution is 2.36. The van der Waals surface area contributed by atoms with Crippen LogP contribution in [0.4, 0.5) is 0 Å². The summed E-state index contributed by atoms with van der Waals surface area (Å²) < 4.78 is 0. The van der Waals surface area contributed by atoms with Crippen molar-refractivity contribution in [2.75, 3.05) is 79.5 Å². The normalized spacial score (nSPS) is 29.1. The van der Waals surface area contributed by atoms with Crippen LogP contribution in [-0.4, -0.2) is 121 Å². The fourth-order valence-electron chi connectivity index (χ4n) is 10.7. The van der Waals surface area contributed by atoms with E-state index >= 15 is 0 Å². The molecule has 58 heavy (non-hydrogen) atoms. The maximum absolute atomic E-state index is 12.1. The van der Waals surface area contributed by atoms with Crippen LogP contribution in [-0.2, 0) is 12.8 Å². The predicted octanol–water partition coefficient (Wildman–Crippen LogP) is 10.1. The molecule has 4 unspecified atom stereocenters. The van der Waals surface area contributed by atoms with Crippen molar-refractivity contribution in [3.63, 3.8) is 0 Å². The van der Waals surface area contributed by atoms with Crippen molar-refractivity contribution in [1.29, 1.82) is 0 Å². The van der Waals surface area contributed by atoms with Gasteiger partial charge in [-0.2, -0.15) is 0 Å². The molecule has 4 atom stereocenters. The Morgan fingerprint density at radius 1 is 0.500 bits per heavy atom. The zero-order valence-corrected chi connectivity index (χ0v) is 38.1. The fraction of sp³-hybridized carbons (Fsp3) is 0.769. The smallest absolute Gasteiger partial charge is 0.0728 e. The average molecular weight is 801 g/mol. The Hall–Kier alpha value is -1.80. The van der Waals surface area contributed by atoms with Crippen molar-refractivity contribution in [3.05, 3.63) is 70.8 Å². The van der Waals surface area contributed by atoms with E-state index in [2.05, 4.69) is 96.1 Å². The molecule has 4 fully saturated rings. The van der Waals surface area contributed by atoms with Crippen LogP contribution in [0.2, 0.25) is 0 Å². The van der Waals surface area contributed by atoms with Crippen molar-refractivity contribution in [1.82, 2.24) is 19.6 Å². The Balaban J connectivity index is 0.000000221. The molecule has 0 radical (unpaired) electrons. The Kier molecular flexibility index (Phi) is 20.5. The van der Waals surface area contributed by atoms with Gasteiger partial charge in [0.1, 0.15) is 0 Å². The summed E-state index contributed by atoms with van der Waals surface area (Å²) in [6, 6.07) is 17.5. The van der Waals surface area contributed by atoms with E-state index in [1.165, 1.54) is 138 Å². The molecule has 2 aliphatic carbocycles. The highest BCUT2D eigenvalue weighted by Gasteiger charge is 2.39. The quantitative estimate of drug-likeness (QED) is 0.277. The number of aliphatic hydroxyl groups is 2. The van der Waals surface area contributed by atoms with Gasteiger partial charge in [0.25, 0.3) is 0 Å². The van der Waals surface area contributed by atoms with Crippen LogP contribution >= 0.6 is 0 Å². The van der Waals surface area contributed by atoms with Gasteiger partial charge in [0.15, 0.2) is 0 Å². The van der Waals surface area contributed by atoms with Gasteiger partial charge in [0, 0.05) is 90.1 Å². The van der Waals surface area contributed by atoms with Gasteiger partial charge >= 0.3 is 0 Å². The summed E-state index contributed by atoms with van der Waals surface area (Å²) in [5, 5.41) is 24.2. The third-order valence-corrected chi connectivity index (χ3v) is 14.8. The topological polar surface area (TPSA) is 53.4 Å². The standard InChI is InChI=1S/2C26H44N2O/c1-23-13-10-11-14-24(23)21-26(29)16-12-8-6-4-3-5-7-9-15-25(26)22-28-19-17-27(2)18-20-28;1-23-12-11-13-24(20-23)21-26(29)15-10-8-6-4-3-5-7-9-14-25(26)22-28-18-16-27(2)17-19-28/h10-11,13-14,25,29H,3-9,12,15-22H2,1-2H3;11-13,20,25,29H,3-10,14-19,21-22H2,1-2H3. The lowest BCUT2D eigenvalue weighted by atomic mass is 9.74. The first-order valence-corrected chi connectivity index (χ1v) is 24.5. The number of benzene rings is 2. The predicted molar refractivity (Wildman–Crippen MR) is 247 cm³/mol. The van der Waals surface area contributed by atoms with Gasteiger partial charge in [-0.25, -0.2) is 0 Å². The number of likely N-dealkylation sites (N-methyl/N-ethyl adjacent to an activating group) is 2. The summed E-state index contributed by atoms with van der Waals surface area (Å²) in [4.78, 5) is 10.1. The molecule has 2 saturated heterocycles. The average Bonchev–Trinajstić information content (AvgIpc) is 3.20. The van der Waals surface area contributed by atoms with Gasteiger partial charge in [-0.05, 0) is 70.3 Å². The second kappa shape index (κ2) is 25.2. The molecule has 6 heteroatoms. The molecule has 6 nitrogen and oxygen atoms in total. The fourth-order valence-corrected chi connectivity index (χ4v) is 10.7. The molecular formula is C52H88N4O2. The Morgan fingerprint density at radius 3 is 1.40 bits per heavy atom. The van der Waals surface area contributed by atoms with E-state index in [0.29, 0.717) is 11.8 Å². The first-order valence-electron chi connectivity index (χ1n) is 24.5. The van der Waals surface area contributed by atoms with Gasteiger partial charge in [-0.15, -0.1) is 0 Å². The third kappa shape index (κ3) is 16.2. The highest BCUT2D eigenvalue weighted by atomic mass is 16.3. The molecule has 2 saturated carbocycles. The number of hydrogen-bond donors (Lipinski definition) is 2. The van der Waals surface area contributed by atoms with E-state index in [4.69, 9.17) is 0 Å². The lowest BCUT2D eigenvalue weighted by molar-refractivity contribution is -0.0484. The molecule has 4 aliphatic rings. The summed E-state index contributed by atoms with van der Waals surface area (Å²) in [5.41, 5.74) is 4.12. The molecule has 0 bridgehead atoms. The molecule has 2 aromatic carbocycles. The Labute approximate surface area is 357 Å². The maximum atomic E-state index is 12.1. The van der Waals surface area contributed by atoms with Crippen LogP contribution in [0.1, 0.15) is 151 Å². The van der Waals surface area contributed by atoms with E-state index in [1.807, 2.05) is 0 Å². The van der Waals surface area contributed by atoms with Gasteiger partial charge in [-0.1, -0.05) is 157 Å².